The van der Waals surface area contributed by atoms with Crippen molar-refractivity contribution in [3.8, 4) is 0 Å². The number of aliphatic hydroxyl groups excluding tert-OH is 1. The van der Waals surface area contributed by atoms with E-state index in [1.54, 1.807) is 30.3 Å². The summed E-state index contributed by atoms with van der Waals surface area (Å²) in [6.45, 7) is 0.679. The van der Waals surface area contributed by atoms with Gasteiger partial charge < -0.3 is 21.1 Å². The third-order valence-electron chi connectivity index (χ3n) is 4.29. The highest BCUT2D eigenvalue weighted by Crippen LogP contribution is 2.23. The zero-order valence-corrected chi connectivity index (χ0v) is 15.2. The van der Waals surface area contributed by atoms with Crippen molar-refractivity contribution in [2.45, 2.75) is 43.4 Å². The van der Waals surface area contributed by atoms with Crippen molar-refractivity contribution >= 4 is 24.2 Å². The van der Waals surface area contributed by atoms with E-state index in [0.717, 1.165) is 13.5 Å². The van der Waals surface area contributed by atoms with Crippen molar-refractivity contribution < 1.29 is 23.5 Å². The lowest BCUT2D eigenvalue weighted by molar-refractivity contribution is -0.167. The topological polar surface area (TPSA) is 90.5 Å². The molecular formula is C17H24ClF2N3O3. The fraction of sp³-hybridized carbons (Fsp3) is 0.529. The van der Waals surface area contributed by atoms with Gasteiger partial charge in [0.2, 0.25) is 5.91 Å². The van der Waals surface area contributed by atoms with E-state index in [9.17, 15) is 23.5 Å². The molecule has 0 aromatic heterocycles. The van der Waals surface area contributed by atoms with E-state index < -0.39 is 35.9 Å². The molecule has 1 aromatic carbocycles. The van der Waals surface area contributed by atoms with Crippen LogP contribution in [0.25, 0.3) is 0 Å². The summed E-state index contributed by atoms with van der Waals surface area (Å²) in [7, 11) is 1.07. The third kappa shape index (κ3) is 5.36. The molecule has 9 heteroatoms. The molecule has 4 N–H and O–H groups in total. The Kier molecular flexibility index (Phi) is 8.39. The number of alkyl halides is 2. The van der Waals surface area contributed by atoms with Crippen LogP contribution in [0.4, 0.5) is 8.78 Å². The van der Waals surface area contributed by atoms with Crippen LogP contribution in [0.5, 0.6) is 0 Å². The van der Waals surface area contributed by atoms with Gasteiger partial charge in [-0.25, -0.2) is 0 Å². The smallest absolute Gasteiger partial charge is 0.351 e. The van der Waals surface area contributed by atoms with Gasteiger partial charge in [0.25, 0.3) is 5.91 Å². The van der Waals surface area contributed by atoms with Crippen LogP contribution in [-0.4, -0.2) is 54.6 Å². The second-order valence-electron chi connectivity index (χ2n) is 6.10. The highest BCUT2D eigenvalue weighted by atomic mass is 35.5. The second-order valence-corrected chi connectivity index (χ2v) is 6.10. The van der Waals surface area contributed by atoms with Crippen molar-refractivity contribution in [2.24, 2.45) is 0 Å². The molecule has 1 heterocycles. The first-order valence-electron chi connectivity index (χ1n) is 8.22. The number of rotatable bonds is 7. The summed E-state index contributed by atoms with van der Waals surface area (Å²) in [5.74, 6) is -6.07. The predicted molar refractivity (Wildman–Crippen MR) is 95.4 cm³/mol. The highest BCUT2D eigenvalue weighted by Gasteiger charge is 2.50. The van der Waals surface area contributed by atoms with E-state index in [0.29, 0.717) is 18.5 Å². The van der Waals surface area contributed by atoms with E-state index in [4.69, 9.17) is 0 Å². The summed E-state index contributed by atoms with van der Waals surface area (Å²) in [5, 5.41) is 17.4. The molecule has 1 fully saturated rings. The Morgan fingerprint density at radius 1 is 1.35 bits per heavy atom. The van der Waals surface area contributed by atoms with Crippen molar-refractivity contribution in [1.29, 1.82) is 0 Å². The molecule has 0 radical (unpaired) electrons. The Hall–Kier alpha value is -1.77. The van der Waals surface area contributed by atoms with Gasteiger partial charge >= 0.3 is 5.92 Å². The fourth-order valence-electron chi connectivity index (χ4n) is 2.85. The van der Waals surface area contributed by atoms with Crippen LogP contribution in [0.15, 0.2) is 30.3 Å². The number of aliphatic hydroxyl groups is 1. The van der Waals surface area contributed by atoms with E-state index in [-0.39, 0.29) is 18.8 Å². The SMILES string of the molecule is CNC(=O)C(F)(F)C(O)C(Cc1ccccc1)NC(=O)[C@H]1CCCN1.Cl. The van der Waals surface area contributed by atoms with Gasteiger partial charge in [0.1, 0.15) is 6.10 Å². The fourth-order valence-corrected chi connectivity index (χ4v) is 2.85. The summed E-state index contributed by atoms with van der Waals surface area (Å²) >= 11 is 0. The molecule has 2 amide bonds. The maximum atomic E-state index is 14.2. The zero-order valence-electron chi connectivity index (χ0n) is 14.4. The number of halogens is 3. The minimum absolute atomic E-state index is 0. The molecule has 2 rings (SSSR count). The Morgan fingerprint density at radius 2 is 2.00 bits per heavy atom. The first-order valence-corrected chi connectivity index (χ1v) is 8.22. The summed E-state index contributed by atoms with van der Waals surface area (Å²) < 4.78 is 28.3. The van der Waals surface area contributed by atoms with Crippen LogP contribution in [0.3, 0.4) is 0 Å². The monoisotopic (exact) mass is 391 g/mol. The number of carbonyl (C=O) groups excluding carboxylic acids is 2. The van der Waals surface area contributed by atoms with Crippen LogP contribution >= 0.6 is 12.4 Å². The van der Waals surface area contributed by atoms with E-state index in [2.05, 4.69) is 10.6 Å². The molecule has 1 saturated heterocycles. The molecule has 0 spiro atoms. The molecule has 146 valence electrons. The second kappa shape index (κ2) is 9.80. The minimum atomic E-state index is -4.02. The van der Waals surface area contributed by atoms with Crippen molar-refractivity contribution in [1.82, 2.24) is 16.0 Å². The van der Waals surface area contributed by atoms with Gasteiger partial charge in [-0.3, -0.25) is 9.59 Å². The molecule has 0 saturated carbocycles. The summed E-state index contributed by atoms with van der Waals surface area (Å²) in [6.07, 6.45) is -0.949. The van der Waals surface area contributed by atoms with E-state index in [1.807, 2.05) is 5.32 Å². The maximum Gasteiger partial charge on any atom is 0.351 e. The number of nitrogens with one attached hydrogen (secondary N) is 3. The number of benzene rings is 1. The molecular weight excluding hydrogens is 368 g/mol. The zero-order chi connectivity index (χ0) is 18.4. The molecule has 6 nitrogen and oxygen atoms in total. The van der Waals surface area contributed by atoms with Gasteiger partial charge in [-0.2, -0.15) is 8.78 Å². The van der Waals surface area contributed by atoms with Crippen LogP contribution in [-0.2, 0) is 16.0 Å². The molecule has 3 atom stereocenters. The van der Waals surface area contributed by atoms with Crippen LogP contribution in [0.1, 0.15) is 18.4 Å². The van der Waals surface area contributed by atoms with Gasteiger partial charge in [0.05, 0.1) is 12.1 Å². The lowest BCUT2D eigenvalue weighted by Crippen LogP contribution is -2.59. The molecule has 2 unspecified atom stereocenters. The molecule has 1 aromatic rings. The molecule has 1 aliphatic heterocycles. The van der Waals surface area contributed by atoms with Gasteiger partial charge in [0.15, 0.2) is 0 Å². The summed E-state index contributed by atoms with van der Waals surface area (Å²) in [6, 6.07) is 6.88. The normalized spacial score (nSPS) is 19.2. The summed E-state index contributed by atoms with van der Waals surface area (Å²) in [5.41, 5.74) is 0.666. The van der Waals surface area contributed by atoms with Crippen LogP contribution < -0.4 is 16.0 Å². The molecule has 0 aliphatic carbocycles. The Bertz CT molecular complexity index is 598. The standard InChI is InChI=1S/C17H23F2N3O3.ClH/c1-20-16(25)17(18,19)14(23)13(10-11-6-3-2-4-7-11)22-15(24)12-8-5-9-21-12;/h2-4,6-7,12-14,21,23H,5,8-10H2,1H3,(H,20,25)(H,22,24);1H/t12-,13?,14?;/m1./s1. The van der Waals surface area contributed by atoms with E-state index in [1.165, 1.54) is 0 Å². The Labute approximate surface area is 157 Å². The van der Waals surface area contributed by atoms with Crippen LogP contribution in [0, 0.1) is 0 Å². The van der Waals surface area contributed by atoms with Crippen molar-refractivity contribution in [3.05, 3.63) is 35.9 Å². The Balaban J connectivity index is 0.00000338. The van der Waals surface area contributed by atoms with Crippen molar-refractivity contribution in [3.63, 3.8) is 0 Å². The first kappa shape index (κ1) is 22.3. The average molecular weight is 392 g/mol. The quantitative estimate of drug-likeness (QED) is 0.549. The average Bonchev–Trinajstić information content (AvgIpc) is 3.15. The van der Waals surface area contributed by atoms with Gasteiger partial charge in [0, 0.05) is 7.05 Å². The predicted octanol–water partition coefficient (Wildman–Crippen LogP) is 0.630. The lowest BCUT2D eigenvalue weighted by Gasteiger charge is -2.30. The third-order valence-corrected chi connectivity index (χ3v) is 4.29. The van der Waals surface area contributed by atoms with Gasteiger partial charge in [-0.15, -0.1) is 12.4 Å². The minimum Gasteiger partial charge on any atom is -0.384 e. The number of hydrogen-bond donors (Lipinski definition) is 4. The van der Waals surface area contributed by atoms with Gasteiger partial charge in [-0.05, 0) is 31.4 Å². The molecule has 26 heavy (non-hydrogen) atoms. The first-order chi connectivity index (χ1) is 11.9. The molecule has 0 bridgehead atoms. The van der Waals surface area contributed by atoms with Crippen molar-refractivity contribution in [2.75, 3.05) is 13.6 Å². The van der Waals surface area contributed by atoms with E-state index >= 15 is 0 Å². The maximum absolute atomic E-state index is 14.2. The van der Waals surface area contributed by atoms with Crippen LogP contribution in [0.2, 0.25) is 0 Å². The number of carbonyl (C=O) groups is 2. The molecule has 1 aliphatic rings. The van der Waals surface area contributed by atoms with Gasteiger partial charge in [-0.1, -0.05) is 30.3 Å². The highest BCUT2D eigenvalue weighted by molar-refractivity contribution is 5.85. The largest absolute Gasteiger partial charge is 0.384 e. The Morgan fingerprint density at radius 3 is 2.54 bits per heavy atom. The number of hydrogen-bond acceptors (Lipinski definition) is 4. The lowest BCUT2D eigenvalue weighted by atomic mass is 9.96. The number of amides is 2. The summed E-state index contributed by atoms with van der Waals surface area (Å²) in [4.78, 5) is 23.7.